The molecule has 0 aromatic carbocycles. The van der Waals surface area contributed by atoms with Gasteiger partial charge in [-0.05, 0) is 5.92 Å². The maximum Gasteiger partial charge on any atom is 0.215 e. The van der Waals surface area contributed by atoms with E-state index in [1.165, 1.54) is 0 Å². The molecule has 0 aliphatic heterocycles. The zero-order chi connectivity index (χ0) is 18.2. The van der Waals surface area contributed by atoms with Crippen molar-refractivity contribution in [2.75, 3.05) is 59.4 Å². The van der Waals surface area contributed by atoms with Crippen molar-refractivity contribution in [2.24, 2.45) is 17.4 Å². The van der Waals surface area contributed by atoms with Crippen molar-refractivity contribution in [3.8, 4) is 0 Å². The van der Waals surface area contributed by atoms with E-state index in [1.807, 2.05) is 0 Å². The molecule has 142 valence electrons. The van der Waals surface area contributed by atoms with Gasteiger partial charge in [0.25, 0.3) is 0 Å². The highest BCUT2D eigenvalue weighted by atomic mass is 16.6. The van der Waals surface area contributed by atoms with Gasteiger partial charge in [0.05, 0.1) is 58.9 Å². The van der Waals surface area contributed by atoms with Crippen LogP contribution in [0.2, 0.25) is 0 Å². The molecular weight excluding hydrogens is 316 g/mol. The van der Waals surface area contributed by atoms with Gasteiger partial charge in [-0.2, -0.15) is 0 Å². The number of rotatable bonds is 17. The number of nitrogens with two attached hydrogens (primary N) is 2. The molecule has 0 aromatic rings. The van der Waals surface area contributed by atoms with Gasteiger partial charge in [0.2, 0.25) is 11.6 Å². The van der Waals surface area contributed by atoms with Crippen LogP contribution in [-0.4, -0.2) is 77.0 Å². The monoisotopic (exact) mass is 348 g/mol. The van der Waals surface area contributed by atoms with Gasteiger partial charge in [-0.15, -0.1) is 0 Å². The standard InChI is InChI=1S/C16H32N2O6/c1-13(2)15(18)16(20)14(19)3-5-21-7-9-23-11-12-24-10-8-22-6-4-17/h13,15H,3-12,17-18H2,1-2H3/t15-/m0/s1. The van der Waals surface area contributed by atoms with Crippen LogP contribution in [0.25, 0.3) is 0 Å². The summed E-state index contributed by atoms with van der Waals surface area (Å²) in [6.07, 6.45) is 0.0468. The van der Waals surface area contributed by atoms with Gasteiger partial charge in [0.1, 0.15) is 0 Å². The van der Waals surface area contributed by atoms with Crippen molar-refractivity contribution in [2.45, 2.75) is 26.3 Å². The molecule has 4 N–H and O–H groups in total. The smallest absolute Gasteiger partial charge is 0.215 e. The zero-order valence-corrected chi connectivity index (χ0v) is 14.8. The lowest BCUT2D eigenvalue weighted by molar-refractivity contribution is -0.138. The molecule has 0 spiro atoms. The number of hydrogen-bond donors (Lipinski definition) is 2. The molecule has 0 aromatic heterocycles. The van der Waals surface area contributed by atoms with Crippen LogP contribution < -0.4 is 11.5 Å². The lowest BCUT2D eigenvalue weighted by Gasteiger charge is -2.13. The predicted octanol–water partition coefficient (Wildman–Crippen LogP) is -0.477. The molecule has 24 heavy (non-hydrogen) atoms. The second-order valence-corrected chi connectivity index (χ2v) is 5.55. The van der Waals surface area contributed by atoms with E-state index in [4.69, 9.17) is 30.4 Å². The van der Waals surface area contributed by atoms with Crippen molar-refractivity contribution < 1.29 is 28.5 Å². The quantitative estimate of drug-likeness (QED) is 0.267. The van der Waals surface area contributed by atoms with E-state index in [-0.39, 0.29) is 18.9 Å². The fraction of sp³-hybridized carbons (Fsp3) is 0.875. The maximum absolute atomic E-state index is 11.7. The van der Waals surface area contributed by atoms with Gasteiger partial charge < -0.3 is 30.4 Å². The fourth-order valence-corrected chi connectivity index (χ4v) is 1.62. The lowest BCUT2D eigenvalue weighted by Crippen LogP contribution is -2.40. The average molecular weight is 348 g/mol. The van der Waals surface area contributed by atoms with E-state index < -0.39 is 17.6 Å². The number of ether oxygens (including phenoxy) is 4. The molecule has 0 bridgehead atoms. The van der Waals surface area contributed by atoms with E-state index in [2.05, 4.69) is 0 Å². The second-order valence-electron chi connectivity index (χ2n) is 5.55. The molecule has 8 heteroatoms. The molecule has 8 nitrogen and oxygen atoms in total. The largest absolute Gasteiger partial charge is 0.379 e. The minimum absolute atomic E-state index is 0.0468. The number of ketones is 2. The number of Topliss-reactive ketones (excluding diaryl/α,β-unsaturated/α-hetero) is 2. The summed E-state index contributed by atoms with van der Waals surface area (Å²) < 4.78 is 21.0. The van der Waals surface area contributed by atoms with Crippen LogP contribution in [0.1, 0.15) is 20.3 Å². The van der Waals surface area contributed by atoms with E-state index in [1.54, 1.807) is 13.8 Å². The van der Waals surface area contributed by atoms with Crippen LogP contribution >= 0.6 is 0 Å². The summed E-state index contributed by atoms with van der Waals surface area (Å²) in [5.74, 6) is -1.06. The van der Waals surface area contributed by atoms with Gasteiger partial charge in [-0.25, -0.2) is 0 Å². The van der Waals surface area contributed by atoms with Gasteiger partial charge >= 0.3 is 0 Å². The molecule has 0 aliphatic rings. The summed E-state index contributed by atoms with van der Waals surface area (Å²) in [4.78, 5) is 23.3. The minimum atomic E-state index is -0.735. The first-order valence-corrected chi connectivity index (χ1v) is 8.34. The fourth-order valence-electron chi connectivity index (χ4n) is 1.62. The minimum Gasteiger partial charge on any atom is -0.379 e. The first-order chi connectivity index (χ1) is 11.5. The van der Waals surface area contributed by atoms with Crippen molar-refractivity contribution in [3.05, 3.63) is 0 Å². The SMILES string of the molecule is CC(C)[C@H](N)C(=O)C(=O)CCOCCOCCOCCOCCN. The maximum atomic E-state index is 11.7. The Balaban J connectivity index is 3.36. The van der Waals surface area contributed by atoms with Gasteiger partial charge in [0.15, 0.2) is 0 Å². The topological polar surface area (TPSA) is 123 Å². The van der Waals surface area contributed by atoms with Gasteiger partial charge in [-0.1, -0.05) is 13.8 Å². The average Bonchev–Trinajstić information content (AvgIpc) is 2.57. The summed E-state index contributed by atoms with van der Waals surface area (Å²) in [7, 11) is 0. The van der Waals surface area contributed by atoms with Crippen LogP contribution in [0.5, 0.6) is 0 Å². The van der Waals surface area contributed by atoms with Crippen LogP contribution in [0, 0.1) is 5.92 Å². The third-order valence-corrected chi connectivity index (χ3v) is 3.15. The lowest BCUT2D eigenvalue weighted by atomic mass is 9.97. The third-order valence-electron chi connectivity index (χ3n) is 3.15. The van der Waals surface area contributed by atoms with Crippen molar-refractivity contribution in [1.82, 2.24) is 0 Å². The molecule has 0 heterocycles. The Labute approximate surface area is 144 Å². The van der Waals surface area contributed by atoms with Gasteiger partial charge in [-0.3, -0.25) is 9.59 Å². The molecule has 0 amide bonds. The zero-order valence-electron chi connectivity index (χ0n) is 14.8. The van der Waals surface area contributed by atoms with E-state index in [9.17, 15) is 9.59 Å². The van der Waals surface area contributed by atoms with Crippen LogP contribution in [-0.2, 0) is 28.5 Å². The highest BCUT2D eigenvalue weighted by molar-refractivity contribution is 6.39. The summed E-state index contributed by atoms with van der Waals surface area (Å²) >= 11 is 0. The summed E-state index contributed by atoms with van der Waals surface area (Å²) in [6.45, 7) is 7.57. The van der Waals surface area contributed by atoms with Crippen molar-refractivity contribution >= 4 is 11.6 Å². The number of carbonyl (C=O) groups excluding carboxylic acids is 2. The Hall–Kier alpha value is -0.900. The molecule has 0 aliphatic carbocycles. The normalized spacial score (nSPS) is 12.5. The Bertz CT molecular complexity index is 339. The Morgan fingerprint density at radius 1 is 0.792 bits per heavy atom. The highest BCUT2D eigenvalue weighted by Gasteiger charge is 2.23. The molecule has 0 radical (unpaired) electrons. The summed E-state index contributed by atoms with van der Waals surface area (Å²) in [6, 6.07) is -0.735. The van der Waals surface area contributed by atoms with E-state index in [0.717, 1.165) is 0 Å². The Morgan fingerprint density at radius 3 is 1.62 bits per heavy atom. The highest BCUT2D eigenvalue weighted by Crippen LogP contribution is 2.02. The van der Waals surface area contributed by atoms with E-state index >= 15 is 0 Å². The summed E-state index contributed by atoms with van der Waals surface area (Å²) in [5.41, 5.74) is 10.9. The number of hydrogen-bond acceptors (Lipinski definition) is 8. The summed E-state index contributed by atoms with van der Waals surface area (Å²) in [5, 5.41) is 0. The van der Waals surface area contributed by atoms with Crippen LogP contribution in [0.15, 0.2) is 0 Å². The molecule has 0 saturated carbocycles. The molecule has 0 rings (SSSR count). The Kier molecular flexibility index (Phi) is 15.0. The molecule has 1 atom stereocenters. The van der Waals surface area contributed by atoms with E-state index in [0.29, 0.717) is 52.8 Å². The van der Waals surface area contributed by atoms with Crippen molar-refractivity contribution in [3.63, 3.8) is 0 Å². The molecular formula is C16H32N2O6. The van der Waals surface area contributed by atoms with Crippen LogP contribution in [0.3, 0.4) is 0 Å². The molecule has 0 saturated heterocycles. The molecule has 0 unspecified atom stereocenters. The number of carbonyl (C=O) groups is 2. The molecule has 0 fully saturated rings. The first-order valence-electron chi connectivity index (χ1n) is 8.34. The third kappa shape index (κ3) is 12.5. The second kappa shape index (κ2) is 15.6. The van der Waals surface area contributed by atoms with Crippen LogP contribution in [0.4, 0.5) is 0 Å². The predicted molar refractivity (Wildman–Crippen MR) is 89.8 cm³/mol. The Morgan fingerprint density at radius 2 is 1.21 bits per heavy atom. The first kappa shape index (κ1) is 23.1. The van der Waals surface area contributed by atoms with Crippen molar-refractivity contribution in [1.29, 1.82) is 0 Å². The van der Waals surface area contributed by atoms with Gasteiger partial charge in [0, 0.05) is 13.0 Å².